The summed E-state index contributed by atoms with van der Waals surface area (Å²) in [5, 5.41) is 0. The van der Waals surface area contributed by atoms with Crippen molar-refractivity contribution >= 4 is 27.7 Å². The number of halogens is 7. The summed E-state index contributed by atoms with van der Waals surface area (Å²) in [6.07, 6.45) is -9.42. The van der Waals surface area contributed by atoms with Crippen molar-refractivity contribution in [3.8, 4) is 0 Å². The molecule has 98 valence electrons. The number of benzene rings is 1. The van der Waals surface area contributed by atoms with Crippen LogP contribution in [0.5, 0.6) is 0 Å². The van der Waals surface area contributed by atoms with Gasteiger partial charge in [-0.25, -0.2) is 4.79 Å². The fourth-order valence-corrected chi connectivity index (χ4v) is 1.60. The van der Waals surface area contributed by atoms with Crippen molar-refractivity contribution in [3.05, 3.63) is 27.7 Å². The Morgan fingerprint density at radius 3 is 1.83 bits per heavy atom. The molecule has 18 heavy (non-hydrogen) atoms. The number of alkyl halides is 6. The molecule has 0 heterocycles. The van der Waals surface area contributed by atoms with Crippen LogP contribution in [0.15, 0.2) is 21.6 Å². The van der Waals surface area contributed by atoms with Crippen LogP contribution in [0, 0.1) is 0 Å². The summed E-state index contributed by atoms with van der Waals surface area (Å²) in [5.41, 5.74) is -4.34. The summed E-state index contributed by atoms with van der Waals surface area (Å²) in [7, 11) is 0. The summed E-state index contributed by atoms with van der Waals surface area (Å²) >= 11 is 2.60. The van der Waals surface area contributed by atoms with Crippen LogP contribution >= 0.6 is 15.9 Å². The van der Waals surface area contributed by atoms with Crippen LogP contribution in [0.25, 0.3) is 0 Å². The van der Waals surface area contributed by atoms with Gasteiger partial charge in [-0.05, 0) is 28.1 Å². The number of rotatable bonds is 1. The third-order valence-corrected chi connectivity index (χ3v) is 2.50. The molecule has 0 bridgehead atoms. The summed E-state index contributed by atoms with van der Waals surface area (Å²) in [5.74, 6) is 0. The highest BCUT2D eigenvalue weighted by Crippen LogP contribution is 2.44. The summed E-state index contributed by atoms with van der Waals surface area (Å²) in [6, 6.07) is 0.358. The second-order valence-electron chi connectivity index (χ2n) is 3.05. The topological polar surface area (TPSA) is 29.4 Å². The lowest BCUT2D eigenvalue weighted by Crippen LogP contribution is -2.16. The lowest BCUT2D eigenvalue weighted by atomic mass is 10.1. The minimum Gasteiger partial charge on any atom is -0.211 e. The molecule has 0 unspecified atom stereocenters. The Balaban J connectivity index is 3.63. The van der Waals surface area contributed by atoms with Crippen molar-refractivity contribution in [3.63, 3.8) is 0 Å². The summed E-state index contributed by atoms with van der Waals surface area (Å²) < 4.78 is 74.4. The van der Waals surface area contributed by atoms with Crippen LogP contribution in [0.4, 0.5) is 32.0 Å². The summed E-state index contributed by atoms with van der Waals surface area (Å²) in [6.45, 7) is 0. The zero-order valence-corrected chi connectivity index (χ0v) is 9.74. The van der Waals surface area contributed by atoms with Gasteiger partial charge in [0.15, 0.2) is 0 Å². The van der Waals surface area contributed by atoms with Crippen molar-refractivity contribution in [2.24, 2.45) is 4.99 Å². The number of carbonyl (C=O) groups excluding carboxylic acids is 1. The molecular formula is C9H2BrF6NO. The number of nitrogens with zero attached hydrogens (tertiary/aromatic N) is 1. The van der Waals surface area contributed by atoms with E-state index in [0.717, 1.165) is 6.08 Å². The van der Waals surface area contributed by atoms with Gasteiger partial charge in [-0.1, -0.05) is 0 Å². The van der Waals surface area contributed by atoms with Crippen LogP contribution in [0.1, 0.15) is 11.1 Å². The average molecular weight is 334 g/mol. The van der Waals surface area contributed by atoms with Gasteiger partial charge >= 0.3 is 12.4 Å². The maximum Gasteiger partial charge on any atom is 0.417 e. The Hall–Kier alpha value is -1.34. The molecule has 0 saturated heterocycles. The molecule has 0 fully saturated rings. The first-order valence-corrected chi connectivity index (χ1v) is 4.92. The third-order valence-electron chi connectivity index (χ3n) is 1.86. The van der Waals surface area contributed by atoms with E-state index in [1.165, 1.54) is 0 Å². The maximum absolute atomic E-state index is 12.5. The van der Waals surface area contributed by atoms with E-state index in [-0.39, 0.29) is 16.6 Å². The van der Waals surface area contributed by atoms with E-state index < -0.39 is 29.2 Å². The number of isocyanates is 1. The molecule has 2 nitrogen and oxygen atoms in total. The fraction of sp³-hybridized carbons (Fsp3) is 0.222. The first kappa shape index (κ1) is 14.7. The van der Waals surface area contributed by atoms with Gasteiger partial charge in [-0.15, -0.1) is 0 Å². The molecule has 1 aromatic carbocycles. The van der Waals surface area contributed by atoms with Crippen molar-refractivity contribution < 1.29 is 31.1 Å². The predicted octanol–water partition coefficient (Wildman–Crippen LogP) is 4.45. The van der Waals surface area contributed by atoms with Gasteiger partial charge in [0.2, 0.25) is 6.08 Å². The number of aliphatic imine (C=N–C) groups is 1. The largest absolute Gasteiger partial charge is 0.417 e. The van der Waals surface area contributed by atoms with Crippen LogP contribution in [-0.4, -0.2) is 6.08 Å². The van der Waals surface area contributed by atoms with E-state index in [9.17, 15) is 31.1 Å². The number of hydrogen-bond acceptors (Lipinski definition) is 2. The normalized spacial score (nSPS) is 12.2. The van der Waals surface area contributed by atoms with E-state index in [4.69, 9.17) is 0 Å². The fourth-order valence-electron chi connectivity index (χ4n) is 1.17. The molecular weight excluding hydrogens is 332 g/mol. The van der Waals surface area contributed by atoms with Crippen LogP contribution in [-0.2, 0) is 17.1 Å². The molecule has 1 rings (SSSR count). The van der Waals surface area contributed by atoms with Gasteiger partial charge in [0, 0.05) is 4.47 Å². The first-order chi connectivity index (χ1) is 8.07. The average Bonchev–Trinajstić information content (AvgIpc) is 2.17. The second-order valence-corrected chi connectivity index (χ2v) is 3.90. The SMILES string of the molecule is O=C=Nc1cc(C(F)(F)F)c(C(F)(F)F)cc1Br. The molecule has 0 aliphatic carbocycles. The van der Waals surface area contributed by atoms with Gasteiger partial charge in [-0.2, -0.15) is 31.3 Å². The van der Waals surface area contributed by atoms with Gasteiger partial charge < -0.3 is 0 Å². The van der Waals surface area contributed by atoms with Crippen LogP contribution in [0.2, 0.25) is 0 Å². The quantitative estimate of drug-likeness (QED) is 0.424. The highest BCUT2D eigenvalue weighted by atomic mass is 79.9. The predicted molar refractivity (Wildman–Crippen MR) is 51.9 cm³/mol. The standard InChI is InChI=1S/C9H2BrF6NO/c10-6-1-4(8(11,12)13)5(9(14,15)16)2-7(6)17-3-18/h1-2H. The Morgan fingerprint density at radius 1 is 1.00 bits per heavy atom. The van der Waals surface area contributed by atoms with Crippen molar-refractivity contribution in [1.82, 2.24) is 0 Å². The molecule has 1 aromatic rings. The Kier molecular flexibility index (Phi) is 3.87. The Bertz CT molecular complexity index is 515. The molecule has 0 aromatic heterocycles. The maximum atomic E-state index is 12.5. The van der Waals surface area contributed by atoms with Gasteiger partial charge in [0.1, 0.15) is 0 Å². The van der Waals surface area contributed by atoms with Gasteiger partial charge in [0.05, 0.1) is 16.8 Å². The molecule has 0 aliphatic rings. The first-order valence-electron chi connectivity index (χ1n) is 4.13. The Labute approximate surface area is 104 Å². The second kappa shape index (κ2) is 4.74. The lowest BCUT2D eigenvalue weighted by Gasteiger charge is -2.16. The van der Waals surface area contributed by atoms with Gasteiger partial charge in [0.25, 0.3) is 0 Å². The molecule has 0 N–H and O–H groups in total. The minimum absolute atomic E-state index is 0.137. The van der Waals surface area contributed by atoms with E-state index in [0.29, 0.717) is 0 Å². The minimum atomic E-state index is -5.21. The summed E-state index contributed by atoms with van der Waals surface area (Å²) in [4.78, 5) is 12.8. The van der Waals surface area contributed by atoms with E-state index >= 15 is 0 Å². The lowest BCUT2D eigenvalue weighted by molar-refractivity contribution is -0.162. The monoisotopic (exact) mass is 333 g/mol. The van der Waals surface area contributed by atoms with Crippen LogP contribution in [0.3, 0.4) is 0 Å². The van der Waals surface area contributed by atoms with E-state index in [1.807, 2.05) is 0 Å². The van der Waals surface area contributed by atoms with Crippen molar-refractivity contribution in [2.75, 3.05) is 0 Å². The molecule has 9 heteroatoms. The molecule has 0 radical (unpaired) electrons. The third kappa shape index (κ3) is 3.11. The van der Waals surface area contributed by atoms with Crippen molar-refractivity contribution in [1.29, 1.82) is 0 Å². The van der Waals surface area contributed by atoms with E-state index in [2.05, 4.69) is 20.9 Å². The zero-order valence-electron chi connectivity index (χ0n) is 8.16. The van der Waals surface area contributed by atoms with E-state index in [1.54, 1.807) is 0 Å². The highest BCUT2D eigenvalue weighted by molar-refractivity contribution is 9.10. The number of hydrogen-bond donors (Lipinski definition) is 0. The highest BCUT2D eigenvalue weighted by Gasteiger charge is 2.43. The molecule has 0 spiro atoms. The molecule has 0 aliphatic heterocycles. The zero-order chi connectivity index (χ0) is 14.1. The molecule has 0 atom stereocenters. The Morgan fingerprint density at radius 2 is 1.44 bits per heavy atom. The van der Waals surface area contributed by atoms with Gasteiger partial charge in [-0.3, -0.25) is 0 Å². The smallest absolute Gasteiger partial charge is 0.211 e. The van der Waals surface area contributed by atoms with Crippen molar-refractivity contribution in [2.45, 2.75) is 12.4 Å². The van der Waals surface area contributed by atoms with Crippen LogP contribution < -0.4 is 0 Å². The molecule has 0 amide bonds. The molecule has 0 saturated carbocycles.